The highest BCUT2D eigenvalue weighted by Crippen LogP contribution is 2.32. The minimum Gasteiger partial charge on any atom is -0.322 e. The van der Waals surface area contributed by atoms with Crippen molar-refractivity contribution in [3.8, 4) is 0 Å². The van der Waals surface area contributed by atoms with Gasteiger partial charge in [0.2, 0.25) is 11.8 Å². The van der Waals surface area contributed by atoms with Crippen molar-refractivity contribution in [1.82, 2.24) is 4.90 Å². The highest BCUT2D eigenvalue weighted by molar-refractivity contribution is 5.98. The molecule has 4 nitrogen and oxygen atoms in total. The van der Waals surface area contributed by atoms with Crippen molar-refractivity contribution >= 4 is 11.8 Å². The number of likely N-dealkylation sites (tertiary alicyclic amines) is 1. The second-order valence-corrected chi connectivity index (χ2v) is 6.07. The Balaban J connectivity index is 2.07. The maximum atomic E-state index is 12.9. The van der Waals surface area contributed by atoms with Gasteiger partial charge in [-0.05, 0) is 23.1 Å². The number of halogens is 1. The number of rotatable bonds is 3. The first-order valence-corrected chi connectivity index (χ1v) is 6.63. The molecule has 2 rings (SSSR count). The molecule has 1 aliphatic rings. The summed E-state index contributed by atoms with van der Waals surface area (Å²) in [7, 11) is 0. The number of nitrogens with two attached hydrogens (primary N) is 1. The summed E-state index contributed by atoms with van der Waals surface area (Å²) in [5.74, 6) is -0.722. The fraction of sp³-hybridized carbons (Fsp3) is 0.467. The van der Waals surface area contributed by atoms with Gasteiger partial charge < -0.3 is 5.73 Å². The average Bonchev–Trinajstić information content (AvgIpc) is 2.33. The monoisotopic (exact) mass is 278 g/mol. The fourth-order valence-electron chi connectivity index (χ4n) is 2.43. The lowest BCUT2D eigenvalue weighted by atomic mass is 9.81. The van der Waals surface area contributed by atoms with Gasteiger partial charge in [0.05, 0.1) is 0 Å². The van der Waals surface area contributed by atoms with E-state index in [4.69, 9.17) is 5.73 Å². The largest absolute Gasteiger partial charge is 0.322 e. The summed E-state index contributed by atoms with van der Waals surface area (Å²) in [5, 5.41) is 0. The zero-order chi connectivity index (χ0) is 14.9. The molecule has 1 heterocycles. The van der Waals surface area contributed by atoms with Crippen LogP contribution in [0.1, 0.15) is 38.3 Å². The zero-order valence-corrected chi connectivity index (χ0v) is 11.7. The first kappa shape index (κ1) is 14.7. The van der Waals surface area contributed by atoms with Crippen LogP contribution in [0.3, 0.4) is 0 Å². The molecule has 2 amide bonds. The molecule has 0 radical (unpaired) electrons. The molecule has 0 spiro atoms. The number of piperidine rings is 1. The number of hydrogen-bond acceptors (Lipinski definition) is 3. The number of hydrogen-bond donors (Lipinski definition) is 1. The number of carbonyl (C=O) groups excluding carboxylic acids is 2. The molecular weight excluding hydrogens is 259 g/mol. The molecule has 0 aliphatic carbocycles. The summed E-state index contributed by atoms with van der Waals surface area (Å²) in [6, 6.07) is 5.28. The third kappa shape index (κ3) is 3.22. The molecule has 1 saturated heterocycles. The average molecular weight is 278 g/mol. The molecule has 0 bridgehead atoms. The second kappa shape index (κ2) is 5.32. The quantitative estimate of drug-likeness (QED) is 0.860. The summed E-state index contributed by atoms with van der Waals surface area (Å²) in [6.45, 7) is 3.94. The van der Waals surface area contributed by atoms with Crippen LogP contribution < -0.4 is 5.73 Å². The predicted octanol–water partition coefficient (Wildman–Crippen LogP) is 2.00. The van der Waals surface area contributed by atoms with Crippen LogP contribution in [0, 0.1) is 11.2 Å². The van der Waals surface area contributed by atoms with Crippen LogP contribution in [-0.4, -0.2) is 23.3 Å². The van der Waals surface area contributed by atoms with E-state index < -0.39 is 6.04 Å². The highest BCUT2D eigenvalue weighted by Gasteiger charge is 2.37. The van der Waals surface area contributed by atoms with Crippen LogP contribution in [0.5, 0.6) is 0 Å². The molecule has 1 fully saturated rings. The van der Waals surface area contributed by atoms with Gasteiger partial charge in [-0.3, -0.25) is 14.5 Å². The molecule has 1 aromatic rings. The summed E-state index contributed by atoms with van der Waals surface area (Å²) in [5.41, 5.74) is 6.42. The van der Waals surface area contributed by atoms with E-state index in [1.54, 1.807) is 12.1 Å². The molecule has 2 N–H and O–H groups in total. The van der Waals surface area contributed by atoms with Crippen LogP contribution in [0.25, 0.3) is 0 Å². The van der Waals surface area contributed by atoms with Crippen molar-refractivity contribution in [3.63, 3.8) is 0 Å². The molecule has 0 saturated carbocycles. The van der Waals surface area contributed by atoms with Crippen molar-refractivity contribution in [3.05, 3.63) is 35.6 Å². The zero-order valence-electron chi connectivity index (χ0n) is 11.7. The van der Waals surface area contributed by atoms with Crippen LogP contribution in [0.4, 0.5) is 4.39 Å². The number of carbonyl (C=O) groups is 2. The van der Waals surface area contributed by atoms with Crippen molar-refractivity contribution in [1.29, 1.82) is 0 Å². The molecule has 1 atom stereocenters. The smallest absolute Gasteiger partial charge is 0.229 e. The van der Waals surface area contributed by atoms with Gasteiger partial charge in [0.25, 0.3) is 0 Å². The minimum absolute atomic E-state index is 0.138. The molecule has 108 valence electrons. The minimum atomic E-state index is -0.496. The first-order valence-electron chi connectivity index (χ1n) is 6.63. The Labute approximate surface area is 117 Å². The van der Waals surface area contributed by atoms with Gasteiger partial charge in [-0.15, -0.1) is 0 Å². The Morgan fingerprint density at radius 2 is 1.70 bits per heavy atom. The van der Waals surface area contributed by atoms with Gasteiger partial charge in [0, 0.05) is 25.4 Å². The lowest BCUT2D eigenvalue weighted by Crippen LogP contribution is -2.48. The van der Waals surface area contributed by atoms with E-state index in [0.717, 1.165) is 0 Å². The topological polar surface area (TPSA) is 63.4 Å². The van der Waals surface area contributed by atoms with Gasteiger partial charge in [-0.2, -0.15) is 0 Å². The Kier molecular flexibility index (Phi) is 3.90. The molecule has 1 aromatic carbocycles. The Hall–Kier alpha value is -1.75. The highest BCUT2D eigenvalue weighted by atomic mass is 19.1. The Morgan fingerprint density at radius 3 is 2.20 bits per heavy atom. The number of nitrogens with zero attached hydrogens (tertiary/aromatic N) is 1. The van der Waals surface area contributed by atoms with Crippen LogP contribution in [0.2, 0.25) is 0 Å². The van der Waals surface area contributed by atoms with E-state index in [-0.39, 0.29) is 29.6 Å². The van der Waals surface area contributed by atoms with Gasteiger partial charge in [-0.25, -0.2) is 4.39 Å². The molecule has 0 aromatic heterocycles. The van der Waals surface area contributed by atoms with E-state index >= 15 is 0 Å². The number of amides is 2. The molecule has 5 heteroatoms. The van der Waals surface area contributed by atoms with Gasteiger partial charge in [0.15, 0.2) is 0 Å². The summed E-state index contributed by atoms with van der Waals surface area (Å²) < 4.78 is 12.9. The number of imide groups is 1. The first-order chi connectivity index (χ1) is 9.28. The molecule has 1 unspecified atom stereocenters. The van der Waals surface area contributed by atoms with Crippen LogP contribution in [-0.2, 0) is 9.59 Å². The summed E-state index contributed by atoms with van der Waals surface area (Å²) in [4.78, 5) is 25.3. The summed E-state index contributed by atoms with van der Waals surface area (Å²) in [6.07, 6.45) is 0.684. The van der Waals surface area contributed by atoms with Crippen LogP contribution >= 0.6 is 0 Å². The third-order valence-electron chi connectivity index (χ3n) is 3.54. The van der Waals surface area contributed by atoms with Crippen molar-refractivity contribution < 1.29 is 14.0 Å². The third-order valence-corrected chi connectivity index (χ3v) is 3.54. The lowest BCUT2D eigenvalue weighted by Gasteiger charge is -2.35. The van der Waals surface area contributed by atoms with E-state index in [9.17, 15) is 14.0 Å². The maximum Gasteiger partial charge on any atom is 0.229 e. The van der Waals surface area contributed by atoms with Crippen LogP contribution in [0.15, 0.2) is 24.3 Å². The van der Waals surface area contributed by atoms with Gasteiger partial charge >= 0.3 is 0 Å². The summed E-state index contributed by atoms with van der Waals surface area (Å²) >= 11 is 0. The normalized spacial score (nSPS) is 20.1. The van der Waals surface area contributed by atoms with Crippen molar-refractivity contribution in [2.24, 2.45) is 11.1 Å². The van der Waals surface area contributed by atoms with E-state index in [1.807, 2.05) is 13.8 Å². The Morgan fingerprint density at radius 1 is 1.20 bits per heavy atom. The van der Waals surface area contributed by atoms with E-state index in [1.165, 1.54) is 17.0 Å². The standard InChI is InChI=1S/C15H19FN2O2/c1-15(2)7-13(19)18(14(20)8-15)9-12(17)10-3-5-11(16)6-4-10/h3-6,12H,7-9,17H2,1-2H3. The lowest BCUT2D eigenvalue weighted by molar-refractivity contribution is -0.152. The fourth-order valence-corrected chi connectivity index (χ4v) is 2.43. The predicted molar refractivity (Wildman–Crippen MR) is 73.1 cm³/mol. The van der Waals surface area contributed by atoms with E-state index in [0.29, 0.717) is 18.4 Å². The second-order valence-electron chi connectivity index (χ2n) is 6.07. The molecular formula is C15H19FN2O2. The van der Waals surface area contributed by atoms with Gasteiger partial charge in [0.1, 0.15) is 5.82 Å². The maximum absolute atomic E-state index is 12.9. The number of benzene rings is 1. The Bertz CT molecular complexity index is 505. The van der Waals surface area contributed by atoms with Crippen molar-refractivity contribution in [2.45, 2.75) is 32.7 Å². The van der Waals surface area contributed by atoms with E-state index in [2.05, 4.69) is 0 Å². The van der Waals surface area contributed by atoms with Crippen molar-refractivity contribution in [2.75, 3.05) is 6.54 Å². The van der Waals surface area contributed by atoms with Gasteiger partial charge in [-0.1, -0.05) is 26.0 Å². The molecule has 20 heavy (non-hydrogen) atoms. The molecule has 1 aliphatic heterocycles. The SMILES string of the molecule is CC1(C)CC(=O)N(CC(N)c2ccc(F)cc2)C(=O)C1.